The molecule has 0 radical (unpaired) electrons. The standard InChI is InChI=1S/C44H42N4O3S/c1-32-41(31-48(46-32)44(34-12-6-3-7-13-34,35-14-8-4-9-15-35)36-16-10-5-11-17-36)33-18-23-42-40(30-33)43(24-27-45-42)47-28-25-38(26-29-47)51-37-19-21-39(22-20-37)52(2,49)50/h3-16,18-24,27,30-31,36,38H,17,25-26,28-29H2,1-2H3. The molecule has 0 N–H and O–H groups in total. The predicted octanol–water partition coefficient (Wildman–Crippen LogP) is 8.78. The van der Waals surface area contributed by atoms with E-state index in [9.17, 15) is 8.42 Å². The summed E-state index contributed by atoms with van der Waals surface area (Å²) in [5, 5.41) is 6.44. The van der Waals surface area contributed by atoms with E-state index in [0.717, 1.165) is 65.8 Å². The zero-order chi connectivity index (χ0) is 35.7. The van der Waals surface area contributed by atoms with Crippen LogP contribution in [0, 0.1) is 12.8 Å². The smallest absolute Gasteiger partial charge is 0.175 e. The Bertz CT molecular complexity index is 2320. The van der Waals surface area contributed by atoms with Crippen molar-refractivity contribution in [3.63, 3.8) is 0 Å². The third kappa shape index (κ3) is 6.32. The monoisotopic (exact) mass is 706 g/mol. The van der Waals surface area contributed by atoms with Gasteiger partial charge < -0.3 is 9.64 Å². The first-order valence-corrected chi connectivity index (χ1v) is 19.8. The summed E-state index contributed by atoms with van der Waals surface area (Å²) in [5.41, 5.74) is 7.13. The minimum absolute atomic E-state index is 0.0569. The predicted molar refractivity (Wildman–Crippen MR) is 209 cm³/mol. The van der Waals surface area contributed by atoms with Crippen molar-refractivity contribution in [2.24, 2.45) is 5.92 Å². The van der Waals surface area contributed by atoms with Crippen LogP contribution < -0.4 is 9.64 Å². The van der Waals surface area contributed by atoms with E-state index < -0.39 is 15.4 Å². The summed E-state index contributed by atoms with van der Waals surface area (Å²) in [5.74, 6) is 0.848. The van der Waals surface area contributed by atoms with Gasteiger partial charge in [-0.15, -0.1) is 0 Å². The van der Waals surface area contributed by atoms with Gasteiger partial charge in [0.15, 0.2) is 9.84 Å². The highest BCUT2D eigenvalue weighted by atomic mass is 32.2. The highest BCUT2D eigenvalue weighted by molar-refractivity contribution is 7.90. The van der Waals surface area contributed by atoms with Crippen molar-refractivity contribution >= 4 is 26.4 Å². The number of hydrogen-bond acceptors (Lipinski definition) is 6. The quantitative estimate of drug-likeness (QED) is 0.150. The van der Waals surface area contributed by atoms with Gasteiger partial charge in [0, 0.05) is 67.1 Å². The van der Waals surface area contributed by atoms with Crippen molar-refractivity contribution in [1.29, 1.82) is 0 Å². The van der Waals surface area contributed by atoms with Crippen molar-refractivity contribution in [1.82, 2.24) is 14.8 Å². The number of aromatic nitrogens is 3. The van der Waals surface area contributed by atoms with E-state index in [1.807, 2.05) is 6.20 Å². The number of anilines is 1. The first-order valence-electron chi connectivity index (χ1n) is 17.9. The molecule has 0 bridgehead atoms. The van der Waals surface area contributed by atoms with Gasteiger partial charge in [0.2, 0.25) is 0 Å². The Kier molecular flexibility index (Phi) is 9.01. The summed E-state index contributed by atoms with van der Waals surface area (Å²) in [7, 11) is -3.24. The number of allylic oxidation sites excluding steroid dienone is 4. The summed E-state index contributed by atoms with van der Waals surface area (Å²) >= 11 is 0. The maximum absolute atomic E-state index is 11.9. The van der Waals surface area contributed by atoms with Gasteiger partial charge in [-0.1, -0.05) is 91.0 Å². The number of sulfone groups is 1. The topological polar surface area (TPSA) is 77.3 Å². The molecule has 0 spiro atoms. The second kappa shape index (κ2) is 13.9. The lowest BCUT2D eigenvalue weighted by molar-refractivity contribution is 0.171. The molecule has 1 aliphatic heterocycles. The molecule has 52 heavy (non-hydrogen) atoms. The molecule has 3 heterocycles. The molecule has 1 saturated heterocycles. The molecule has 1 unspecified atom stereocenters. The summed E-state index contributed by atoms with van der Waals surface area (Å²) in [6, 6.07) is 37.0. The van der Waals surface area contributed by atoms with Gasteiger partial charge in [0.25, 0.3) is 0 Å². The fraction of sp³-hybridized carbons (Fsp3) is 0.227. The average Bonchev–Trinajstić information content (AvgIpc) is 3.57. The molecule has 1 fully saturated rings. The second-order valence-electron chi connectivity index (χ2n) is 13.8. The number of hydrogen-bond donors (Lipinski definition) is 0. The lowest BCUT2D eigenvalue weighted by atomic mass is 9.70. The van der Waals surface area contributed by atoms with Crippen LogP contribution in [0.15, 0.2) is 151 Å². The molecule has 0 amide bonds. The third-order valence-electron chi connectivity index (χ3n) is 10.6. The molecule has 262 valence electrons. The largest absolute Gasteiger partial charge is 0.490 e. The van der Waals surface area contributed by atoms with E-state index >= 15 is 0 Å². The second-order valence-corrected chi connectivity index (χ2v) is 15.9. The van der Waals surface area contributed by atoms with Gasteiger partial charge in [0.1, 0.15) is 17.4 Å². The zero-order valence-electron chi connectivity index (χ0n) is 29.5. The lowest BCUT2D eigenvalue weighted by Gasteiger charge is -2.41. The van der Waals surface area contributed by atoms with E-state index in [0.29, 0.717) is 10.6 Å². The van der Waals surface area contributed by atoms with Crippen LogP contribution in [0.4, 0.5) is 5.69 Å². The molecule has 2 aliphatic rings. The van der Waals surface area contributed by atoms with E-state index in [-0.39, 0.29) is 12.0 Å². The van der Waals surface area contributed by atoms with Crippen LogP contribution in [0.5, 0.6) is 5.75 Å². The normalized spacial score (nSPS) is 16.7. The van der Waals surface area contributed by atoms with Crippen molar-refractivity contribution in [3.8, 4) is 16.9 Å². The Morgan fingerprint density at radius 3 is 2.15 bits per heavy atom. The van der Waals surface area contributed by atoms with Gasteiger partial charge in [-0.05, 0) is 72.5 Å². The summed E-state index contributed by atoms with van der Waals surface area (Å²) in [4.78, 5) is 7.47. The average molecular weight is 707 g/mol. The fourth-order valence-electron chi connectivity index (χ4n) is 7.98. The Balaban J connectivity index is 1.12. The first kappa shape index (κ1) is 33.7. The highest BCUT2D eigenvalue weighted by Crippen LogP contribution is 2.45. The summed E-state index contributed by atoms with van der Waals surface area (Å²) in [6.07, 6.45) is 16.9. The van der Waals surface area contributed by atoms with Crippen molar-refractivity contribution in [2.75, 3.05) is 24.2 Å². The number of nitrogens with zero attached hydrogens (tertiary/aromatic N) is 4. The maximum Gasteiger partial charge on any atom is 0.175 e. The van der Waals surface area contributed by atoms with Crippen LogP contribution in [0.1, 0.15) is 36.1 Å². The van der Waals surface area contributed by atoms with Crippen LogP contribution >= 0.6 is 0 Å². The molecule has 7 nitrogen and oxygen atoms in total. The molecule has 1 atom stereocenters. The van der Waals surface area contributed by atoms with Crippen LogP contribution in [-0.4, -0.2) is 48.6 Å². The highest BCUT2D eigenvalue weighted by Gasteiger charge is 2.44. The Labute approximate surface area is 305 Å². The third-order valence-corrected chi connectivity index (χ3v) is 11.7. The number of fused-ring (bicyclic) bond motifs is 1. The van der Waals surface area contributed by atoms with Gasteiger partial charge >= 0.3 is 0 Å². The molecule has 8 rings (SSSR count). The lowest BCUT2D eigenvalue weighted by Crippen LogP contribution is -2.43. The number of ether oxygens (including phenoxy) is 1. The molecule has 4 aromatic carbocycles. The molecule has 8 heteroatoms. The fourth-order valence-corrected chi connectivity index (χ4v) is 8.61. The van der Waals surface area contributed by atoms with E-state index in [1.165, 1.54) is 17.4 Å². The summed E-state index contributed by atoms with van der Waals surface area (Å²) in [6.45, 7) is 3.79. The van der Waals surface area contributed by atoms with Gasteiger partial charge in [-0.25, -0.2) is 8.42 Å². The number of aryl methyl sites for hydroxylation is 1. The molecule has 0 saturated carbocycles. The van der Waals surface area contributed by atoms with Crippen molar-refractivity contribution in [3.05, 3.63) is 163 Å². The number of rotatable bonds is 9. The molecular formula is C44H42N4O3S. The first-order chi connectivity index (χ1) is 25.3. The number of pyridine rings is 1. The van der Waals surface area contributed by atoms with Gasteiger partial charge in [0.05, 0.1) is 16.1 Å². The van der Waals surface area contributed by atoms with Crippen LogP contribution in [0.25, 0.3) is 22.0 Å². The van der Waals surface area contributed by atoms with E-state index in [4.69, 9.17) is 14.8 Å². The SMILES string of the molecule is Cc1nn(C(c2ccccc2)(c2ccccc2)C2C=CC=CC2)cc1-c1ccc2nccc(N3CCC(Oc4ccc(S(C)(=O)=O)cc4)CC3)c2c1. The van der Waals surface area contributed by atoms with Gasteiger partial charge in [-0.2, -0.15) is 5.10 Å². The summed E-state index contributed by atoms with van der Waals surface area (Å²) < 4.78 is 32.2. The van der Waals surface area contributed by atoms with Crippen molar-refractivity contribution in [2.45, 2.75) is 42.7 Å². The Hall–Kier alpha value is -5.47. The number of benzene rings is 4. The van der Waals surface area contributed by atoms with Gasteiger partial charge in [-0.3, -0.25) is 9.67 Å². The van der Waals surface area contributed by atoms with E-state index in [2.05, 4.69) is 132 Å². The van der Waals surface area contributed by atoms with Crippen LogP contribution in [0.2, 0.25) is 0 Å². The van der Waals surface area contributed by atoms with E-state index in [1.54, 1.807) is 24.3 Å². The minimum Gasteiger partial charge on any atom is -0.490 e. The van der Waals surface area contributed by atoms with Crippen LogP contribution in [0.3, 0.4) is 0 Å². The minimum atomic E-state index is -3.24. The Morgan fingerprint density at radius 1 is 0.827 bits per heavy atom. The molecule has 6 aromatic rings. The molecule has 1 aliphatic carbocycles. The zero-order valence-corrected chi connectivity index (χ0v) is 30.3. The Morgan fingerprint density at radius 2 is 1.52 bits per heavy atom. The van der Waals surface area contributed by atoms with Crippen LogP contribution in [-0.2, 0) is 15.4 Å². The maximum atomic E-state index is 11.9. The molecular weight excluding hydrogens is 665 g/mol. The van der Waals surface area contributed by atoms with Crippen molar-refractivity contribution < 1.29 is 13.2 Å². The number of piperidine rings is 1. The molecule has 2 aromatic heterocycles.